The summed E-state index contributed by atoms with van der Waals surface area (Å²) in [4.78, 5) is 6.79. The number of pyridine rings is 1. The average molecular weight is 310 g/mol. The van der Waals surface area contributed by atoms with Crippen molar-refractivity contribution in [3.05, 3.63) is 41.0 Å². The third-order valence-electron chi connectivity index (χ3n) is 3.51. The van der Waals surface area contributed by atoms with Crippen molar-refractivity contribution in [1.29, 1.82) is 0 Å². The molecule has 1 aromatic heterocycles. The minimum atomic E-state index is 0.164. The molecule has 5 heteroatoms. The van der Waals surface area contributed by atoms with Gasteiger partial charge in [0.15, 0.2) is 0 Å². The number of fused-ring (bicyclic) bond motifs is 1. The molecule has 2 N–H and O–H groups in total. The van der Waals surface area contributed by atoms with Crippen LogP contribution in [0.2, 0.25) is 5.02 Å². The molecule has 1 unspecified atom stereocenters. The first kappa shape index (κ1) is 15.6. The summed E-state index contributed by atoms with van der Waals surface area (Å²) in [6.07, 6.45) is 3.92. The lowest BCUT2D eigenvalue weighted by molar-refractivity contribution is 0.267. The highest BCUT2D eigenvalue weighted by molar-refractivity contribution is 7.98. The van der Waals surface area contributed by atoms with Gasteiger partial charge in [0, 0.05) is 41.5 Å². The second kappa shape index (κ2) is 7.27. The second-order valence-corrected chi connectivity index (χ2v) is 6.15. The second-order valence-electron chi connectivity index (χ2n) is 4.76. The van der Waals surface area contributed by atoms with Gasteiger partial charge in [0.1, 0.15) is 0 Å². The summed E-state index contributed by atoms with van der Waals surface area (Å²) in [5, 5.41) is 1.72. The average Bonchev–Trinajstić information content (AvgIpc) is 2.48. The molecule has 3 nitrogen and oxygen atoms in total. The lowest BCUT2D eigenvalue weighted by Gasteiger charge is -2.27. The zero-order valence-corrected chi connectivity index (χ0v) is 13.4. The van der Waals surface area contributed by atoms with Gasteiger partial charge in [-0.25, -0.2) is 0 Å². The molecule has 20 heavy (non-hydrogen) atoms. The van der Waals surface area contributed by atoms with Crippen molar-refractivity contribution in [2.45, 2.75) is 6.04 Å². The SMILES string of the molecule is CSCCN(C)C(CN)c1ccc(Cl)c2cccnc12. The first-order chi connectivity index (χ1) is 9.69. The molecular formula is C15H20ClN3S. The van der Waals surface area contributed by atoms with E-state index in [2.05, 4.69) is 23.2 Å². The molecule has 0 aliphatic carbocycles. The molecule has 1 heterocycles. The molecule has 0 fully saturated rings. The van der Waals surface area contributed by atoms with Gasteiger partial charge in [-0.05, 0) is 37.1 Å². The molecular weight excluding hydrogens is 290 g/mol. The van der Waals surface area contributed by atoms with Gasteiger partial charge in [0.25, 0.3) is 0 Å². The summed E-state index contributed by atoms with van der Waals surface area (Å²) in [6, 6.07) is 8.06. The summed E-state index contributed by atoms with van der Waals surface area (Å²) >= 11 is 8.09. The van der Waals surface area contributed by atoms with Crippen LogP contribution in [-0.4, -0.2) is 42.0 Å². The Hall–Kier alpha value is -0.810. The van der Waals surface area contributed by atoms with Crippen LogP contribution in [0.3, 0.4) is 0 Å². The number of aromatic nitrogens is 1. The third kappa shape index (κ3) is 3.26. The van der Waals surface area contributed by atoms with Crippen LogP contribution >= 0.6 is 23.4 Å². The van der Waals surface area contributed by atoms with Crippen molar-refractivity contribution in [3.8, 4) is 0 Å². The van der Waals surface area contributed by atoms with E-state index in [-0.39, 0.29) is 6.04 Å². The molecule has 2 aromatic rings. The Kier molecular flexibility index (Phi) is 5.66. The van der Waals surface area contributed by atoms with Crippen molar-refractivity contribution in [1.82, 2.24) is 9.88 Å². The van der Waals surface area contributed by atoms with Crippen LogP contribution in [0.4, 0.5) is 0 Å². The summed E-state index contributed by atoms with van der Waals surface area (Å²) < 4.78 is 0. The Bertz CT molecular complexity index is 576. The number of benzene rings is 1. The van der Waals surface area contributed by atoms with Crippen LogP contribution in [0.1, 0.15) is 11.6 Å². The number of hydrogen-bond donors (Lipinski definition) is 1. The van der Waals surface area contributed by atoms with E-state index >= 15 is 0 Å². The number of hydrogen-bond acceptors (Lipinski definition) is 4. The standard InChI is InChI=1S/C15H20ClN3S/c1-19(8-9-20-2)14(10-17)12-5-6-13(16)11-4-3-7-18-15(11)12/h3-7,14H,8-10,17H2,1-2H3. The highest BCUT2D eigenvalue weighted by Crippen LogP contribution is 2.30. The molecule has 0 aliphatic rings. The van der Waals surface area contributed by atoms with E-state index in [1.165, 1.54) is 0 Å². The number of likely N-dealkylation sites (N-methyl/N-ethyl adjacent to an activating group) is 1. The van der Waals surface area contributed by atoms with Crippen molar-refractivity contribution in [3.63, 3.8) is 0 Å². The largest absolute Gasteiger partial charge is 0.329 e. The maximum Gasteiger partial charge on any atom is 0.0765 e. The van der Waals surface area contributed by atoms with Crippen molar-refractivity contribution < 1.29 is 0 Å². The van der Waals surface area contributed by atoms with Crippen LogP contribution < -0.4 is 5.73 Å². The van der Waals surface area contributed by atoms with Crippen LogP contribution in [0, 0.1) is 0 Å². The highest BCUT2D eigenvalue weighted by atomic mass is 35.5. The molecule has 108 valence electrons. The molecule has 0 aliphatic heterocycles. The summed E-state index contributed by atoms with van der Waals surface area (Å²) in [6.45, 7) is 1.57. The minimum Gasteiger partial charge on any atom is -0.329 e. The predicted octanol–water partition coefficient (Wildman–Crippen LogP) is 3.18. The first-order valence-corrected chi connectivity index (χ1v) is 8.38. The fourth-order valence-corrected chi connectivity index (χ4v) is 3.05. The number of rotatable bonds is 6. The Balaban J connectivity index is 2.42. The van der Waals surface area contributed by atoms with Crippen LogP contribution in [0.5, 0.6) is 0 Å². The number of thioether (sulfide) groups is 1. The highest BCUT2D eigenvalue weighted by Gasteiger charge is 2.19. The normalized spacial score (nSPS) is 13.1. The van der Waals surface area contributed by atoms with Gasteiger partial charge in [-0.3, -0.25) is 9.88 Å². The van der Waals surface area contributed by atoms with E-state index in [0.717, 1.165) is 33.8 Å². The van der Waals surface area contributed by atoms with Crippen LogP contribution in [0.15, 0.2) is 30.5 Å². The van der Waals surface area contributed by atoms with Crippen LogP contribution in [-0.2, 0) is 0 Å². The molecule has 0 spiro atoms. The van der Waals surface area contributed by atoms with E-state index < -0.39 is 0 Å². The number of halogens is 1. The Morgan fingerprint density at radius 3 is 2.90 bits per heavy atom. The quantitative estimate of drug-likeness (QED) is 0.890. The minimum absolute atomic E-state index is 0.164. The topological polar surface area (TPSA) is 42.1 Å². The fraction of sp³-hybridized carbons (Fsp3) is 0.400. The molecule has 0 saturated heterocycles. The van der Waals surface area contributed by atoms with E-state index in [4.69, 9.17) is 17.3 Å². The molecule has 1 aromatic carbocycles. The number of nitrogens with two attached hydrogens (primary N) is 1. The first-order valence-electron chi connectivity index (χ1n) is 6.61. The van der Waals surface area contributed by atoms with Gasteiger partial charge < -0.3 is 5.73 Å². The summed E-state index contributed by atoms with van der Waals surface area (Å²) in [5.41, 5.74) is 8.10. The predicted molar refractivity (Wildman–Crippen MR) is 89.6 cm³/mol. The maximum atomic E-state index is 6.25. The van der Waals surface area contributed by atoms with Gasteiger partial charge in [-0.2, -0.15) is 11.8 Å². The molecule has 2 rings (SSSR count). The van der Waals surface area contributed by atoms with Crippen molar-refractivity contribution in [2.75, 3.05) is 32.1 Å². The fourth-order valence-electron chi connectivity index (χ4n) is 2.36. The van der Waals surface area contributed by atoms with Gasteiger partial charge in [-0.15, -0.1) is 0 Å². The number of nitrogens with zero attached hydrogens (tertiary/aromatic N) is 2. The summed E-state index contributed by atoms with van der Waals surface area (Å²) in [5.74, 6) is 1.09. The van der Waals surface area contributed by atoms with Gasteiger partial charge in [-0.1, -0.05) is 17.7 Å². The van der Waals surface area contributed by atoms with Crippen LogP contribution in [0.25, 0.3) is 10.9 Å². The molecule has 1 atom stereocenters. The molecule has 0 radical (unpaired) electrons. The van der Waals surface area contributed by atoms with Gasteiger partial charge >= 0.3 is 0 Å². The third-order valence-corrected chi connectivity index (χ3v) is 4.43. The zero-order chi connectivity index (χ0) is 14.5. The van der Waals surface area contributed by atoms with E-state index in [9.17, 15) is 0 Å². The molecule has 0 saturated carbocycles. The molecule has 0 amide bonds. The Morgan fingerprint density at radius 2 is 2.20 bits per heavy atom. The van der Waals surface area contributed by atoms with Gasteiger partial charge in [0.2, 0.25) is 0 Å². The van der Waals surface area contributed by atoms with E-state index in [0.29, 0.717) is 6.54 Å². The summed E-state index contributed by atoms with van der Waals surface area (Å²) in [7, 11) is 2.11. The van der Waals surface area contributed by atoms with Gasteiger partial charge in [0.05, 0.1) is 5.52 Å². The molecule has 0 bridgehead atoms. The zero-order valence-electron chi connectivity index (χ0n) is 11.8. The Labute approximate surface area is 129 Å². The van der Waals surface area contributed by atoms with E-state index in [1.807, 2.05) is 36.0 Å². The lowest BCUT2D eigenvalue weighted by Crippen LogP contribution is -2.32. The Morgan fingerprint density at radius 1 is 1.40 bits per heavy atom. The van der Waals surface area contributed by atoms with Crippen molar-refractivity contribution in [2.24, 2.45) is 5.73 Å². The smallest absolute Gasteiger partial charge is 0.0765 e. The van der Waals surface area contributed by atoms with Crippen molar-refractivity contribution >= 4 is 34.3 Å². The maximum absolute atomic E-state index is 6.25. The lowest BCUT2D eigenvalue weighted by atomic mass is 10.0. The van der Waals surface area contributed by atoms with E-state index in [1.54, 1.807) is 6.20 Å². The monoisotopic (exact) mass is 309 g/mol.